The van der Waals surface area contributed by atoms with Gasteiger partial charge in [-0.2, -0.15) is 4.98 Å². The third-order valence-electron chi connectivity index (χ3n) is 3.01. The highest BCUT2D eigenvalue weighted by Crippen LogP contribution is 2.17. The van der Waals surface area contributed by atoms with Crippen LogP contribution in [0.1, 0.15) is 25.8 Å². The molecule has 0 aliphatic carbocycles. The number of rotatable bonds is 7. The van der Waals surface area contributed by atoms with Crippen molar-refractivity contribution in [3.05, 3.63) is 42.1 Å². The molecule has 1 aromatic carbocycles. The van der Waals surface area contributed by atoms with Crippen molar-refractivity contribution >= 4 is 11.6 Å². The van der Waals surface area contributed by atoms with Crippen LogP contribution in [0.5, 0.6) is 5.88 Å². The van der Waals surface area contributed by atoms with Crippen LogP contribution in [0.3, 0.4) is 0 Å². The predicted octanol–water partition coefficient (Wildman–Crippen LogP) is 2.87. The molecule has 2 N–H and O–H groups in total. The Bertz CT molecular complexity index is 574. The average Bonchev–Trinajstić information content (AvgIpc) is 2.47. The molecule has 112 valence electrons. The van der Waals surface area contributed by atoms with Gasteiger partial charge in [0.15, 0.2) is 0 Å². The van der Waals surface area contributed by atoms with E-state index in [0.717, 1.165) is 30.8 Å². The molecule has 0 fully saturated rings. The van der Waals surface area contributed by atoms with Gasteiger partial charge in [-0.25, -0.2) is 4.98 Å². The molecule has 5 nitrogen and oxygen atoms in total. The molecule has 0 saturated heterocycles. The number of nitrogens with two attached hydrogens (primary N) is 1. The fourth-order valence-corrected chi connectivity index (χ4v) is 2.14. The van der Waals surface area contributed by atoms with E-state index in [1.807, 2.05) is 25.1 Å². The van der Waals surface area contributed by atoms with Crippen LogP contribution in [0.25, 0.3) is 0 Å². The van der Waals surface area contributed by atoms with Crippen LogP contribution in [0.2, 0.25) is 0 Å². The maximum atomic E-state index is 5.84. The highest BCUT2D eigenvalue weighted by Gasteiger charge is 2.11. The van der Waals surface area contributed by atoms with Gasteiger partial charge in [-0.1, -0.05) is 19.1 Å². The molecular formula is C16H22N4O. The Morgan fingerprint density at radius 1 is 1.24 bits per heavy atom. The summed E-state index contributed by atoms with van der Waals surface area (Å²) in [5, 5.41) is 0. The molecule has 0 radical (unpaired) electrons. The van der Waals surface area contributed by atoms with Gasteiger partial charge in [-0.15, -0.1) is 0 Å². The Kier molecular flexibility index (Phi) is 5.37. The Morgan fingerprint density at radius 2 is 2.10 bits per heavy atom. The van der Waals surface area contributed by atoms with Crippen LogP contribution < -0.4 is 15.4 Å². The van der Waals surface area contributed by atoms with Crippen molar-refractivity contribution in [1.29, 1.82) is 0 Å². The molecule has 0 unspecified atom stereocenters. The van der Waals surface area contributed by atoms with E-state index in [0.29, 0.717) is 18.4 Å². The summed E-state index contributed by atoms with van der Waals surface area (Å²) in [5.41, 5.74) is 7.76. The SMILES string of the molecule is CCCN(Cc1cccc(N)c1)c1nccc(OCC)n1. The topological polar surface area (TPSA) is 64.3 Å². The minimum Gasteiger partial charge on any atom is -0.478 e. The lowest BCUT2D eigenvalue weighted by Crippen LogP contribution is -2.25. The average molecular weight is 286 g/mol. The van der Waals surface area contributed by atoms with Crippen LogP contribution in [-0.2, 0) is 6.54 Å². The normalized spacial score (nSPS) is 10.4. The highest BCUT2D eigenvalue weighted by molar-refractivity contribution is 5.42. The summed E-state index contributed by atoms with van der Waals surface area (Å²) in [5.74, 6) is 1.29. The number of benzene rings is 1. The maximum absolute atomic E-state index is 5.84. The lowest BCUT2D eigenvalue weighted by Gasteiger charge is -2.22. The van der Waals surface area contributed by atoms with Crippen LogP contribution in [-0.4, -0.2) is 23.1 Å². The molecule has 2 rings (SSSR count). The Balaban J connectivity index is 2.19. The first-order chi connectivity index (χ1) is 10.2. The molecule has 5 heteroatoms. The fraction of sp³-hybridized carbons (Fsp3) is 0.375. The van der Waals surface area contributed by atoms with E-state index >= 15 is 0 Å². The van der Waals surface area contributed by atoms with Gasteiger partial charge in [0.25, 0.3) is 0 Å². The summed E-state index contributed by atoms with van der Waals surface area (Å²) in [4.78, 5) is 11.0. The molecule has 1 heterocycles. The second-order valence-corrected chi connectivity index (χ2v) is 4.79. The Hall–Kier alpha value is -2.30. The van der Waals surface area contributed by atoms with Crippen molar-refractivity contribution in [3.8, 4) is 5.88 Å². The van der Waals surface area contributed by atoms with E-state index in [9.17, 15) is 0 Å². The Morgan fingerprint density at radius 3 is 2.81 bits per heavy atom. The number of ether oxygens (including phenoxy) is 1. The minimum atomic E-state index is 0.597. The zero-order valence-electron chi connectivity index (χ0n) is 12.6. The van der Waals surface area contributed by atoms with Gasteiger partial charge < -0.3 is 15.4 Å². The molecule has 2 aromatic rings. The van der Waals surface area contributed by atoms with E-state index in [1.54, 1.807) is 12.3 Å². The molecule has 0 atom stereocenters. The molecule has 0 bridgehead atoms. The summed E-state index contributed by atoms with van der Waals surface area (Å²) in [6.45, 7) is 6.29. The lowest BCUT2D eigenvalue weighted by atomic mass is 10.2. The molecule has 0 amide bonds. The zero-order valence-corrected chi connectivity index (χ0v) is 12.6. The number of nitrogens with zero attached hydrogens (tertiary/aromatic N) is 3. The van der Waals surface area contributed by atoms with E-state index in [4.69, 9.17) is 10.5 Å². The van der Waals surface area contributed by atoms with Crippen LogP contribution in [0, 0.1) is 0 Å². The highest BCUT2D eigenvalue weighted by atomic mass is 16.5. The largest absolute Gasteiger partial charge is 0.478 e. The van der Waals surface area contributed by atoms with Crippen LogP contribution in [0.4, 0.5) is 11.6 Å². The summed E-state index contributed by atoms with van der Waals surface area (Å²) >= 11 is 0. The maximum Gasteiger partial charge on any atom is 0.228 e. The molecule has 0 aliphatic heterocycles. The van der Waals surface area contributed by atoms with Crippen molar-refractivity contribution in [2.75, 3.05) is 23.8 Å². The number of nitrogen functional groups attached to an aromatic ring is 1. The first-order valence-corrected chi connectivity index (χ1v) is 7.28. The Labute approximate surface area is 125 Å². The van der Waals surface area contributed by atoms with Gasteiger partial charge in [0.1, 0.15) is 0 Å². The van der Waals surface area contributed by atoms with E-state index in [1.165, 1.54) is 0 Å². The third kappa shape index (κ3) is 4.34. The van der Waals surface area contributed by atoms with E-state index in [-0.39, 0.29) is 0 Å². The molecule has 1 aromatic heterocycles. The second-order valence-electron chi connectivity index (χ2n) is 4.79. The van der Waals surface area contributed by atoms with Crippen LogP contribution >= 0.6 is 0 Å². The van der Waals surface area contributed by atoms with Gasteiger partial charge in [0.2, 0.25) is 11.8 Å². The monoisotopic (exact) mass is 286 g/mol. The summed E-state index contributed by atoms with van der Waals surface area (Å²) in [6.07, 6.45) is 2.75. The molecule has 0 aliphatic rings. The quantitative estimate of drug-likeness (QED) is 0.793. The summed E-state index contributed by atoms with van der Waals surface area (Å²) < 4.78 is 5.45. The smallest absolute Gasteiger partial charge is 0.228 e. The van der Waals surface area contributed by atoms with Gasteiger partial charge in [0, 0.05) is 31.0 Å². The van der Waals surface area contributed by atoms with Crippen molar-refractivity contribution < 1.29 is 4.74 Å². The first kappa shape index (κ1) is 15.1. The number of hydrogen-bond acceptors (Lipinski definition) is 5. The van der Waals surface area contributed by atoms with Gasteiger partial charge >= 0.3 is 0 Å². The van der Waals surface area contributed by atoms with Gasteiger partial charge in [0.05, 0.1) is 6.61 Å². The first-order valence-electron chi connectivity index (χ1n) is 7.28. The third-order valence-corrected chi connectivity index (χ3v) is 3.01. The van der Waals surface area contributed by atoms with Crippen LogP contribution in [0.15, 0.2) is 36.5 Å². The van der Waals surface area contributed by atoms with E-state index < -0.39 is 0 Å². The number of anilines is 2. The predicted molar refractivity (Wildman–Crippen MR) is 85.4 cm³/mol. The molecule has 0 spiro atoms. The molecule has 21 heavy (non-hydrogen) atoms. The van der Waals surface area contributed by atoms with Gasteiger partial charge in [-0.05, 0) is 31.0 Å². The number of hydrogen-bond donors (Lipinski definition) is 1. The summed E-state index contributed by atoms with van der Waals surface area (Å²) in [6, 6.07) is 9.67. The van der Waals surface area contributed by atoms with Crippen molar-refractivity contribution in [2.24, 2.45) is 0 Å². The lowest BCUT2D eigenvalue weighted by molar-refractivity contribution is 0.326. The molecule has 0 saturated carbocycles. The van der Waals surface area contributed by atoms with E-state index in [2.05, 4.69) is 27.9 Å². The van der Waals surface area contributed by atoms with Crippen molar-refractivity contribution in [1.82, 2.24) is 9.97 Å². The van der Waals surface area contributed by atoms with Gasteiger partial charge in [-0.3, -0.25) is 0 Å². The standard InChI is InChI=1S/C16H22N4O/c1-3-10-20(12-13-6-5-7-14(17)11-13)16-18-9-8-15(19-16)21-4-2/h5-9,11H,3-4,10,12,17H2,1-2H3. The van der Waals surface area contributed by atoms with Crippen molar-refractivity contribution in [2.45, 2.75) is 26.8 Å². The second kappa shape index (κ2) is 7.47. The zero-order chi connectivity index (χ0) is 15.1. The fourth-order valence-electron chi connectivity index (χ4n) is 2.14. The summed E-state index contributed by atoms with van der Waals surface area (Å²) in [7, 11) is 0. The molecular weight excluding hydrogens is 264 g/mol. The minimum absolute atomic E-state index is 0.597. The number of aromatic nitrogens is 2. The van der Waals surface area contributed by atoms with Crippen molar-refractivity contribution in [3.63, 3.8) is 0 Å².